The fourth-order valence-corrected chi connectivity index (χ4v) is 14.2. The van der Waals surface area contributed by atoms with Gasteiger partial charge in [0, 0.05) is 60.7 Å². The lowest BCUT2D eigenvalue weighted by atomic mass is 9.31. The molecule has 0 aliphatic carbocycles. The molecule has 0 saturated heterocycles. The molecule has 0 atom stereocenters. The van der Waals surface area contributed by atoms with Crippen molar-refractivity contribution in [1.82, 2.24) is 0 Å². The van der Waals surface area contributed by atoms with Crippen LogP contribution in [0.2, 0.25) is 0 Å². The maximum Gasteiger partial charge on any atom is 0.256 e. The predicted molar refractivity (Wildman–Crippen MR) is 333 cm³/mol. The Balaban J connectivity index is 1.04. The average molecular weight is 1020 g/mol. The standard InChI is InChI=1S/C72H47B2N3OS/c1-6-24-48(25-7-1)51-42-65-71-68(43-51)78-67-40-22-18-36-57(67)73(71)59-46-60-64(47-63(59)76(65)61-38-20-16-34-55(61)49-26-8-2-9-27-49)77(62-39-21-17-35-56(62)50-28-10-3-11-29-50)66-44-54(45-70-72(66)74(60)58-37-19-23-41-69(58)79-70)75(52-30-12-4-13-31-52)53-32-14-5-15-33-53/h1-47H. The maximum absolute atomic E-state index is 7.16. The molecule has 4 heterocycles. The number of ether oxygens (including phenoxy) is 1. The van der Waals surface area contributed by atoms with Gasteiger partial charge in [-0.15, -0.1) is 0 Å². The third-order valence-corrected chi connectivity index (χ3v) is 17.5. The van der Waals surface area contributed by atoms with Gasteiger partial charge in [0.1, 0.15) is 11.5 Å². The summed E-state index contributed by atoms with van der Waals surface area (Å²) < 4.78 is 7.16. The molecule has 4 nitrogen and oxygen atoms in total. The molecular weight excluding hydrogens is 977 g/mol. The van der Waals surface area contributed by atoms with Crippen molar-refractivity contribution in [3.05, 3.63) is 285 Å². The van der Waals surface area contributed by atoms with Crippen molar-refractivity contribution in [2.45, 2.75) is 9.79 Å². The molecule has 0 bridgehead atoms. The second-order valence-corrected chi connectivity index (χ2v) is 21.8. The SMILES string of the molecule is c1ccc(-c2cc3c4c(c2)N(c2ccccc2-c2ccccc2)c2cc5c(cc2B4c2ccccc2O3)B2c3ccccc3Sc3cc(N(c4ccccc4)c4ccccc4)cc(c32)N5c2ccccc2-c2ccccc2)cc1. The van der Waals surface area contributed by atoms with Crippen molar-refractivity contribution in [2.24, 2.45) is 0 Å². The van der Waals surface area contributed by atoms with Crippen molar-refractivity contribution >= 4 is 109 Å². The van der Waals surface area contributed by atoms with Gasteiger partial charge in [0.15, 0.2) is 0 Å². The van der Waals surface area contributed by atoms with Gasteiger partial charge in [-0.2, -0.15) is 0 Å². The fourth-order valence-electron chi connectivity index (χ4n) is 13.0. The van der Waals surface area contributed by atoms with Gasteiger partial charge < -0.3 is 19.4 Å². The van der Waals surface area contributed by atoms with E-state index in [9.17, 15) is 0 Å². The number of para-hydroxylation sites is 5. The van der Waals surface area contributed by atoms with Crippen LogP contribution in [0.5, 0.6) is 11.5 Å². The Hall–Kier alpha value is -9.68. The summed E-state index contributed by atoms with van der Waals surface area (Å²) >= 11 is 1.89. The topological polar surface area (TPSA) is 19.0 Å². The molecule has 12 aromatic rings. The summed E-state index contributed by atoms with van der Waals surface area (Å²) in [4.78, 5) is 10.1. The molecule has 16 rings (SSSR count). The second kappa shape index (κ2) is 18.5. The maximum atomic E-state index is 7.16. The summed E-state index contributed by atoms with van der Waals surface area (Å²) in [6, 6.07) is 105. The molecule has 0 spiro atoms. The monoisotopic (exact) mass is 1020 g/mol. The van der Waals surface area contributed by atoms with E-state index in [1.54, 1.807) is 0 Å². The average Bonchev–Trinajstić information content (AvgIpc) is 3.67. The second-order valence-electron chi connectivity index (χ2n) is 20.7. The largest absolute Gasteiger partial charge is 0.458 e. The molecule has 12 aromatic carbocycles. The van der Waals surface area contributed by atoms with E-state index in [2.05, 4.69) is 300 Å². The fraction of sp³-hybridized carbons (Fsp3) is 0. The first-order valence-electron chi connectivity index (χ1n) is 27.1. The first-order chi connectivity index (χ1) is 39.2. The molecular formula is C72H47B2N3OS. The summed E-state index contributed by atoms with van der Waals surface area (Å²) in [5, 5.41) is 0. The van der Waals surface area contributed by atoms with Crippen LogP contribution in [-0.4, -0.2) is 13.4 Å². The third-order valence-electron chi connectivity index (χ3n) is 16.3. The Morgan fingerprint density at radius 1 is 0.291 bits per heavy atom. The molecule has 4 aliphatic heterocycles. The number of benzene rings is 12. The summed E-state index contributed by atoms with van der Waals surface area (Å²) in [5.41, 5.74) is 24.3. The minimum Gasteiger partial charge on any atom is -0.458 e. The Morgan fingerprint density at radius 2 is 0.772 bits per heavy atom. The van der Waals surface area contributed by atoms with Gasteiger partial charge in [-0.1, -0.05) is 223 Å². The summed E-state index contributed by atoms with van der Waals surface area (Å²) in [7, 11) is 0. The zero-order valence-corrected chi connectivity index (χ0v) is 43.8. The van der Waals surface area contributed by atoms with Crippen LogP contribution < -0.4 is 52.2 Å². The lowest BCUT2D eigenvalue weighted by molar-refractivity contribution is 0.488. The summed E-state index contributed by atoms with van der Waals surface area (Å²) in [5.74, 6) is 1.77. The van der Waals surface area contributed by atoms with Crippen molar-refractivity contribution in [1.29, 1.82) is 0 Å². The van der Waals surface area contributed by atoms with E-state index in [-0.39, 0.29) is 13.4 Å². The van der Waals surface area contributed by atoms with Crippen LogP contribution in [0.1, 0.15) is 0 Å². The summed E-state index contributed by atoms with van der Waals surface area (Å²) in [6.07, 6.45) is 0. The third kappa shape index (κ3) is 7.34. The number of hydrogen-bond acceptors (Lipinski definition) is 5. The van der Waals surface area contributed by atoms with E-state index < -0.39 is 0 Å². The molecule has 4 aliphatic rings. The van der Waals surface area contributed by atoms with E-state index in [1.807, 2.05) is 11.8 Å². The number of nitrogens with zero attached hydrogens (tertiary/aromatic N) is 3. The number of fused-ring (bicyclic) bond motifs is 8. The normalized spacial score (nSPS) is 13.0. The van der Waals surface area contributed by atoms with Crippen LogP contribution in [0.3, 0.4) is 0 Å². The van der Waals surface area contributed by atoms with Gasteiger partial charge in [0.05, 0.1) is 11.4 Å². The lowest BCUT2D eigenvalue weighted by Crippen LogP contribution is -2.64. The van der Waals surface area contributed by atoms with Crippen LogP contribution >= 0.6 is 11.8 Å². The quantitative estimate of drug-likeness (QED) is 0.141. The highest BCUT2D eigenvalue weighted by atomic mass is 32.2. The minimum absolute atomic E-state index is 0.0831. The molecule has 0 fully saturated rings. The smallest absolute Gasteiger partial charge is 0.256 e. The zero-order chi connectivity index (χ0) is 52.0. The van der Waals surface area contributed by atoms with Gasteiger partial charge >= 0.3 is 0 Å². The Morgan fingerprint density at radius 3 is 1.38 bits per heavy atom. The Bertz CT molecular complexity index is 4310. The number of rotatable bonds is 8. The Labute approximate surface area is 465 Å². The molecule has 0 saturated carbocycles. The highest BCUT2D eigenvalue weighted by Gasteiger charge is 2.47. The highest BCUT2D eigenvalue weighted by molar-refractivity contribution is 8.00. The van der Waals surface area contributed by atoms with E-state index >= 15 is 0 Å². The molecule has 0 unspecified atom stereocenters. The van der Waals surface area contributed by atoms with Gasteiger partial charge in [0.25, 0.3) is 6.71 Å². The zero-order valence-electron chi connectivity index (χ0n) is 42.9. The molecule has 368 valence electrons. The van der Waals surface area contributed by atoms with Crippen LogP contribution in [0.4, 0.5) is 51.2 Å². The molecule has 0 amide bonds. The number of anilines is 9. The minimum atomic E-state index is -0.132. The Kier molecular flexibility index (Phi) is 10.7. The molecule has 0 radical (unpaired) electrons. The molecule has 79 heavy (non-hydrogen) atoms. The van der Waals surface area contributed by atoms with E-state index in [4.69, 9.17) is 4.74 Å². The van der Waals surface area contributed by atoms with Gasteiger partial charge in [-0.05, 0) is 128 Å². The molecule has 0 N–H and O–H groups in total. The van der Waals surface area contributed by atoms with Crippen molar-refractivity contribution in [2.75, 3.05) is 14.7 Å². The van der Waals surface area contributed by atoms with Gasteiger partial charge in [-0.3, -0.25) is 0 Å². The van der Waals surface area contributed by atoms with E-state index in [1.165, 1.54) is 37.1 Å². The first kappa shape index (κ1) is 45.5. The first-order valence-corrected chi connectivity index (χ1v) is 28.0. The molecule has 7 heteroatoms. The van der Waals surface area contributed by atoms with E-state index in [0.29, 0.717) is 0 Å². The van der Waals surface area contributed by atoms with Crippen molar-refractivity contribution < 1.29 is 4.74 Å². The van der Waals surface area contributed by atoms with Crippen LogP contribution in [0, 0.1) is 0 Å². The van der Waals surface area contributed by atoms with Crippen LogP contribution in [-0.2, 0) is 0 Å². The van der Waals surface area contributed by atoms with Crippen LogP contribution in [0.15, 0.2) is 295 Å². The lowest BCUT2D eigenvalue weighted by Gasteiger charge is -2.45. The number of hydrogen-bond donors (Lipinski definition) is 0. The van der Waals surface area contributed by atoms with Crippen molar-refractivity contribution in [3.8, 4) is 44.9 Å². The van der Waals surface area contributed by atoms with Gasteiger partial charge in [0.2, 0.25) is 6.71 Å². The van der Waals surface area contributed by atoms with Crippen LogP contribution in [0.25, 0.3) is 33.4 Å². The van der Waals surface area contributed by atoms with Gasteiger partial charge in [-0.25, -0.2) is 0 Å². The van der Waals surface area contributed by atoms with E-state index in [0.717, 1.165) is 102 Å². The predicted octanol–water partition coefficient (Wildman–Crippen LogP) is 15.3. The molecule has 0 aromatic heterocycles. The highest BCUT2D eigenvalue weighted by Crippen LogP contribution is 2.51. The summed E-state index contributed by atoms with van der Waals surface area (Å²) in [6.45, 7) is -0.215. The van der Waals surface area contributed by atoms with Crippen molar-refractivity contribution in [3.63, 3.8) is 0 Å².